The molecule has 0 atom stereocenters. The SMILES string of the molecule is CCOC(=O)CCNC(=O)N1CCc2[nH]nc(-c3ccccc3)c2CC1. The predicted octanol–water partition coefficient (Wildman–Crippen LogP) is 2.14. The van der Waals surface area contributed by atoms with E-state index in [0.717, 1.165) is 29.8 Å². The van der Waals surface area contributed by atoms with Crippen LogP contribution in [0.1, 0.15) is 24.6 Å². The van der Waals surface area contributed by atoms with Gasteiger partial charge in [0.25, 0.3) is 0 Å². The van der Waals surface area contributed by atoms with Crippen LogP contribution in [0, 0.1) is 0 Å². The summed E-state index contributed by atoms with van der Waals surface area (Å²) in [5.41, 5.74) is 4.31. The number of hydrogen-bond donors (Lipinski definition) is 2. The number of ether oxygens (including phenoxy) is 1. The first-order valence-electron chi connectivity index (χ1n) is 8.99. The van der Waals surface area contributed by atoms with Crippen LogP contribution in [0.25, 0.3) is 11.3 Å². The molecule has 2 N–H and O–H groups in total. The molecule has 2 amide bonds. The van der Waals surface area contributed by atoms with Crippen molar-refractivity contribution in [3.8, 4) is 11.3 Å². The topological polar surface area (TPSA) is 87.3 Å². The van der Waals surface area contributed by atoms with Crippen molar-refractivity contribution in [1.82, 2.24) is 20.4 Å². The number of fused-ring (bicyclic) bond motifs is 1. The molecule has 0 radical (unpaired) electrons. The van der Waals surface area contributed by atoms with Gasteiger partial charge in [-0.25, -0.2) is 4.79 Å². The number of carbonyl (C=O) groups excluding carboxylic acids is 2. The van der Waals surface area contributed by atoms with E-state index in [1.807, 2.05) is 30.3 Å². The van der Waals surface area contributed by atoms with Gasteiger partial charge in [0, 0.05) is 42.9 Å². The van der Waals surface area contributed by atoms with Crippen LogP contribution < -0.4 is 5.32 Å². The maximum Gasteiger partial charge on any atom is 0.317 e. The molecule has 7 nitrogen and oxygen atoms in total. The van der Waals surface area contributed by atoms with Gasteiger partial charge in [0.1, 0.15) is 0 Å². The number of nitrogens with zero attached hydrogens (tertiary/aromatic N) is 2. The Kier molecular flexibility index (Phi) is 5.88. The van der Waals surface area contributed by atoms with E-state index in [2.05, 4.69) is 15.5 Å². The first-order chi connectivity index (χ1) is 12.7. The van der Waals surface area contributed by atoms with Gasteiger partial charge < -0.3 is 15.0 Å². The van der Waals surface area contributed by atoms with Gasteiger partial charge in [0.05, 0.1) is 18.7 Å². The fourth-order valence-electron chi connectivity index (χ4n) is 3.14. The summed E-state index contributed by atoms with van der Waals surface area (Å²) in [7, 11) is 0. The third-order valence-electron chi connectivity index (χ3n) is 4.46. The summed E-state index contributed by atoms with van der Waals surface area (Å²) in [5, 5.41) is 10.4. The summed E-state index contributed by atoms with van der Waals surface area (Å²) >= 11 is 0. The van der Waals surface area contributed by atoms with Crippen molar-refractivity contribution in [2.75, 3.05) is 26.2 Å². The van der Waals surface area contributed by atoms with Crippen LogP contribution >= 0.6 is 0 Å². The smallest absolute Gasteiger partial charge is 0.317 e. The van der Waals surface area contributed by atoms with E-state index < -0.39 is 0 Å². The highest BCUT2D eigenvalue weighted by atomic mass is 16.5. The average Bonchev–Trinajstić information content (AvgIpc) is 2.94. The maximum absolute atomic E-state index is 12.4. The van der Waals surface area contributed by atoms with E-state index in [0.29, 0.717) is 19.7 Å². The normalized spacial score (nSPS) is 13.7. The summed E-state index contributed by atoms with van der Waals surface area (Å²) in [6, 6.07) is 9.92. The number of nitrogens with one attached hydrogen (secondary N) is 2. The van der Waals surface area contributed by atoms with Crippen molar-refractivity contribution in [2.24, 2.45) is 0 Å². The molecular formula is C19H24N4O3. The van der Waals surface area contributed by atoms with Crippen molar-refractivity contribution in [3.05, 3.63) is 41.6 Å². The Balaban J connectivity index is 1.58. The highest BCUT2D eigenvalue weighted by Crippen LogP contribution is 2.26. The number of aromatic amines is 1. The lowest BCUT2D eigenvalue weighted by molar-refractivity contribution is -0.142. The molecule has 2 aromatic rings. The molecule has 0 fully saturated rings. The molecule has 0 saturated carbocycles. The van der Waals surface area contributed by atoms with Gasteiger partial charge in [-0.05, 0) is 13.3 Å². The molecule has 1 aromatic heterocycles. The van der Waals surface area contributed by atoms with Crippen molar-refractivity contribution in [1.29, 1.82) is 0 Å². The lowest BCUT2D eigenvalue weighted by Crippen LogP contribution is -2.42. The minimum absolute atomic E-state index is 0.145. The lowest BCUT2D eigenvalue weighted by atomic mass is 10.0. The van der Waals surface area contributed by atoms with Gasteiger partial charge in [-0.2, -0.15) is 5.10 Å². The lowest BCUT2D eigenvalue weighted by Gasteiger charge is -2.20. The second kappa shape index (κ2) is 8.51. The minimum Gasteiger partial charge on any atom is -0.466 e. The fraction of sp³-hybridized carbons (Fsp3) is 0.421. The van der Waals surface area contributed by atoms with E-state index in [9.17, 15) is 9.59 Å². The Morgan fingerprint density at radius 1 is 1.23 bits per heavy atom. The van der Waals surface area contributed by atoms with Crippen LogP contribution in [-0.2, 0) is 22.4 Å². The third-order valence-corrected chi connectivity index (χ3v) is 4.46. The molecule has 7 heteroatoms. The van der Waals surface area contributed by atoms with Gasteiger partial charge in [-0.15, -0.1) is 0 Å². The van der Waals surface area contributed by atoms with Crippen molar-refractivity contribution in [3.63, 3.8) is 0 Å². The van der Waals surface area contributed by atoms with Crippen molar-refractivity contribution < 1.29 is 14.3 Å². The molecular weight excluding hydrogens is 332 g/mol. The third kappa shape index (κ3) is 4.22. The molecule has 3 rings (SSSR count). The van der Waals surface area contributed by atoms with Crippen LogP contribution in [0.4, 0.5) is 4.79 Å². The number of H-pyrrole nitrogens is 1. The number of urea groups is 1. The van der Waals surface area contributed by atoms with Crippen LogP contribution in [0.2, 0.25) is 0 Å². The van der Waals surface area contributed by atoms with E-state index >= 15 is 0 Å². The molecule has 0 spiro atoms. The van der Waals surface area contributed by atoms with E-state index in [1.54, 1.807) is 11.8 Å². The Bertz CT molecular complexity index is 757. The number of aromatic nitrogens is 2. The monoisotopic (exact) mass is 356 g/mol. The summed E-state index contributed by atoms with van der Waals surface area (Å²) in [6.45, 7) is 3.65. The zero-order chi connectivity index (χ0) is 18.4. The number of rotatable bonds is 5. The van der Waals surface area contributed by atoms with E-state index in [-0.39, 0.29) is 25.0 Å². The molecule has 0 aliphatic carbocycles. The van der Waals surface area contributed by atoms with Crippen LogP contribution in [-0.4, -0.2) is 53.3 Å². The standard InChI is InChI=1S/C19H24N4O3/c1-2-26-17(24)8-11-20-19(25)23-12-9-15-16(10-13-23)21-22-18(15)14-6-4-3-5-7-14/h3-7H,2,8-13H2,1H3,(H,20,25)(H,21,22). The predicted molar refractivity (Wildman–Crippen MR) is 97.7 cm³/mol. The number of benzene rings is 1. The molecule has 1 aliphatic heterocycles. The number of carbonyl (C=O) groups is 2. The zero-order valence-electron chi connectivity index (χ0n) is 15.0. The first-order valence-corrected chi connectivity index (χ1v) is 8.99. The van der Waals surface area contributed by atoms with Gasteiger partial charge in [-0.3, -0.25) is 9.89 Å². The first kappa shape index (κ1) is 18.0. The molecule has 1 aliphatic rings. The second-order valence-corrected chi connectivity index (χ2v) is 6.17. The summed E-state index contributed by atoms with van der Waals surface area (Å²) < 4.78 is 4.86. The van der Waals surface area contributed by atoms with Gasteiger partial charge in [0.15, 0.2) is 0 Å². The van der Waals surface area contributed by atoms with Gasteiger partial charge >= 0.3 is 12.0 Å². The summed E-state index contributed by atoms with van der Waals surface area (Å²) in [5.74, 6) is -0.294. The summed E-state index contributed by atoms with van der Waals surface area (Å²) in [4.78, 5) is 25.5. The molecule has 0 bridgehead atoms. The largest absolute Gasteiger partial charge is 0.466 e. The van der Waals surface area contributed by atoms with Crippen molar-refractivity contribution in [2.45, 2.75) is 26.2 Å². The van der Waals surface area contributed by atoms with Crippen LogP contribution in [0.3, 0.4) is 0 Å². The Morgan fingerprint density at radius 3 is 2.77 bits per heavy atom. The molecule has 0 saturated heterocycles. The van der Waals surface area contributed by atoms with E-state index in [4.69, 9.17) is 4.74 Å². The van der Waals surface area contributed by atoms with Crippen LogP contribution in [0.5, 0.6) is 0 Å². The highest BCUT2D eigenvalue weighted by molar-refractivity contribution is 5.76. The van der Waals surface area contributed by atoms with E-state index in [1.165, 1.54) is 5.56 Å². The van der Waals surface area contributed by atoms with Gasteiger partial charge in [-0.1, -0.05) is 30.3 Å². The molecule has 0 unspecified atom stereocenters. The number of esters is 1. The molecule has 26 heavy (non-hydrogen) atoms. The summed E-state index contributed by atoms with van der Waals surface area (Å²) in [6.07, 6.45) is 1.68. The van der Waals surface area contributed by atoms with Gasteiger partial charge in [0.2, 0.25) is 0 Å². The van der Waals surface area contributed by atoms with Crippen molar-refractivity contribution >= 4 is 12.0 Å². The zero-order valence-corrected chi connectivity index (χ0v) is 15.0. The Hall–Kier alpha value is -2.83. The number of hydrogen-bond acceptors (Lipinski definition) is 4. The highest BCUT2D eigenvalue weighted by Gasteiger charge is 2.22. The molecule has 2 heterocycles. The quantitative estimate of drug-likeness (QED) is 0.804. The molecule has 138 valence electrons. The Labute approximate surface area is 152 Å². The fourth-order valence-corrected chi connectivity index (χ4v) is 3.14. The number of amides is 2. The maximum atomic E-state index is 12.4. The second-order valence-electron chi connectivity index (χ2n) is 6.17. The minimum atomic E-state index is -0.294. The van der Waals surface area contributed by atoms with Crippen LogP contribution in [0.15, 0.2) is 30.3 Å². The Morgan fingerprint density at radius 2 is 2.00 bits per heavy atom. The molecule has 1 aromatic carbocycles. The average molecular weight is 356 g/mol.